The summed E-state index contributed by atoms with van der Waals surface area (Å²) in [7, 11) is 1.60. The van der Waals surface area contributed by atoms with Crippen molar-refractivity contribution in [1.82, 2.24) is 10.2 Å². The van der Waals surface area contributed by atoms with Gasteiger partial charge >= 0.3 is 0 Å². The first-order chi connectivity index (χ1) is 22.2. The molecule has 1 amide bonds. The predicted octanol–water partition coefficient (Wildman–Crippen LogP) is 6.85. The first-order valence-corrected chi connectivity index (χ1v) is 17.0. The zero-order chi connectivity index (χ0) is 34.1. The number of anilines is 1. The molecule has 2 unspecified atom stereocenters. The first-order valence-electron chi connectivity index (χ1n) is 15.4. The maximum atomic E-state index is 12.6. The molecule has 1 aromatic carbocycles. The van der Waals surface area contributed by atoms with Crippen molar-refractivity contribution in [2.75, 3.05) is 12.4 Å². The molecule has 12 heteroatoms. The third kappa shape index (κ3) is 11.1. The Hall–Kier alpha value is -4.03. The lowest BCUT2D eigenvalue weighted by atomic mass is 9.94. The van der Waals surface area contributed by atoms with Gasteiger partial charge in [-0.25, -0.2) is 0 Å². The Balaban J connectivity index is 0.000000356. The summed E-state index contributed by atoms with van der Waals surface area (Å²) in [5.74, 6) is -0.656. The van der Waals surface area contributed by atoms with Gasteiger partial charge in [0.2, 0.25) is 11.0 Å². The zero-order valence-corrected chi connectivity index (χ0v) is 28.6. The second-order valence-corrected chi connectivity index (χ2v) is 12.4. The SMILES string of the molecule is C=CC.CC.CN=C(N)SC(=N)CCCCc1nnc(NC(=O)C2CC(=O)C3=C2C=CCC3)s1.O=CC1CC(=O)c2ccccc21. The van der Waals surface area contributed by atoms with Crippen molar-refractivity contribution in [3.8, 4) is 0 Å². The molecule has 0 spiro atoms. The fourth-order valence-electron chi connectivity index (χ4n) is 4.96. The van der Waals surface area contributed by atoms with Crippen LogP contribution in [0.3, 0.4) is 0 Å². The first kappa shape index (κ1) is 38.2. The van der Waals surface area contributed by atoms with Crippen LogP contribution in [-0.2, 0) is 20.8 Å². The fraction of sp³-hybridized carbons (Fsp3) is 0.412. The van der Waals surface area contributed by atoms with Gasteiger partial charge in [0.05, 0.1) is 11.0 Å². The van der Waals surface area contributed by atoms with Crippen molar-refractivity contribution < 1.29 is 19.2 Å². The number of Topliss-reactive ketones (excluding diaryl/α,β-unsaturated/α-hetero) is 2. The van der Waals surface area contributed by atoms with Crippen LogP contribution in [-0.4, -0.2) is 51.2 Å². The lowest BCUT2D eigenvalue weighted by Crippen LogP contribution is -2.22. The van der Waals surface area contributed by atoms with Crippen molar-refractivity contribution >= 4 is 62.2 Å². The van der Waals surface area contributed by atoms with Crippen LogP contribution in [0.25, 0.3) is 0 Å². The molecule has 0 saturated heterocycles. The number of aliphatic imine (C=N–C) groups is 1. The van der Waals surface area contributed by atoms with E-state index in [9.17, 15) is 19.2 Å². The molecule has 0 bridgehead atoms. The molecular weight excluding hydrogens is 621 g/mol. The Morgan fingerprint density at radius 2 is 1.91 bits per heavy atom. The second kappa shape index (κ2) is 20.2. The number of nitrogens with zero attached hydrogens (tertiary/aromatic N) is 3. The van der Waals surface area contributed by atoms with Gasteiger partial charge < -0.3 is 10.5 Å². The van der Waals surface area contributed by atoms with Crippen LogP contribution in [0.1, 0.15) is 92.6 Å². The van der Waals surface area contributed by atoms with E-state index < -0.39 is 5.92 Å². The molecule has 5 rings (SSSR count). The molecule has 0 fully saturated rings. The van der Waals surface area contributed by atoms with Gasteiger partial charge in [0.15, 0.2) is 16.7 Å². The molecule has 0 aliphatic heterocycles. The largest absolute Gasteiger partial charge is 0.378 e. The average molecular weight is 665 g/mol. The number of amides is 1. The Morgan fingerprint density at radius 3 is 2.61 bits per heavy atom. The van der Waals surface area contributed by atoms with E-state index >= 15 is 0 Å². The number of benzene rings is 1. The van der Waals surface area contributed by atoms with E-state index in [2.05, 4.69) is 27.1 Å². The number of unbranched alkanes of at least 4 members (excludes halogenated alkanes) is 1. The number of aromatic nitrogens is 2. The number of fused-ring (bicyclic) bond motifs is 1. The smallest absolute Gasteiger partial charge is 0.234 e. The van der Waals surface area contributed by atoms with E-state index in [-0.39, 0.29) is 29.8 Å². The maximum Gasteiger partial charge on any atom is 0.234 e. The number of hydrogen-bond acceptors (Lipinski definition) is 10. The predicted molar refractivity (Wildman–Crippen MR) is 189 cm³/mol. The molecule has 0 radical (unpaired) electrons. The number of ketones is 2. The highest BCUT2D eigenvalue weighted by atomic mass is 32.2. The van der Waals surface area contributed by atoms with Gasteiger partial charge in [0.25, 0.3) is 0 Å². The molecule has 1 heterocycles. The highest BCUT2D eigenvalue weighted by molar-refractivity contribution is 8.26. The number of nitrogens with one attached hydrogen (secondary N) is 2. The van der Waals surface area contributed by atoms with Gasteiger partial charge in [-0.1, -0.05) is 67.7 Å². The Bertz CT molecular complexity index is 1490. The summed E-state index contributed by atoms with van der Waals surface area (Å²) in [4.78, 5) is 50.4. The third-order valence-electron chi connectivity index (χ3n) is 7.04. The van der Waals surface area contributed by atoms with Gasteiger partial charge in [-0.05, 0) is 67.5 Å². The Morgan fingerprint density at radius 1 is 1.20 bits per heavy atom. The number of carbonyl (C=O) groups is 4. The molecule has 2 aromatic rings. The lowest BCUT2D eigenvalue weighted by Gasteiger charge is -2.12. The highest BCUT2D eigenvalue weighted by Crippen LogP contribution is 2.36. The monoisotopic (exact) mass is 664 g/mol. The van der Waals surface area contributed by atoms with Crippen LogP contribution in [0, 0.1) is 11.3 Å². The van der Waals surface area contributed by atoms with Crippen molar-refractivity contribution in [3.05, 3.63) is 76.4 Å². The van der Waals surface area contributed by atoms with Gasteiger partial charge in [-0.3, -0.25) is 30.1 Å². The average Bonchev–Trinajstić information content (AvgIpc) is 3.76. The van der Waals surface area contributed by atoms with Gasteiger partial charge in [-0.15, -0.1) is 16.8 Å². The molecule has 46 heavy (non-hydrogen) atoms. The van der Waals surface area contributed by atoms with Gasteiger partial charge in [0, 0.05) is 37.8 Å². The van der Waals surface area contributed by atoms with Crippen molar-refractivity contribution in [2.45, 2.75) is 78.1 Å². The van der Waals surface area contributed by atoms with Gasteiger partial charge in [0.1, 0.15) is 11.3 Å². The second-order valence-electron chi connectivity index (χ2n) is 10.2. The van der Waals surface area contributed by atoms with Crippen LogP contribution in [0.4, 0.5) is 5.13 Å². The van der Waals surface area contributed by atoms with Crippen LogP contribution >= 0.6 is 23.1 Å². The molecule has 3 aliphatic rings. The van der Waals surface area contributed by atoms with E-state index in [1.54, 1.807) is 19.2 Å². The van der Waals surface area contributed by atoms with Crippen LogP contribution < -0.4 is 11.1 Å². The summed E-state index contributed by atoms with van der Waals surface area (Å²) in [6, 6.07) is 7.30. The fourth-order valence-corrected chi connectivity index (χ4v) is 6.33. The summed E-state index contributed by atoms with van der Waals surface area (Å²) >= 11 is 2.53. The zero-order valence-electron chi connectivity index (χ0n) is 27.0. The third-order valence-corrected chi connectivity index (χ3v) is 8.79. The Kier molecular flexibility index (Phi) is 16.7. The lowest BCUT2D eigenvalue weighted by molar-refractivity contribution is -0.122. The van der Waals surface area contributed by atoms with Gasteiger partial charge in [-0.2, -0.15) is 0 Å². The molecule has 0 saturated carbocycles. The van der Waals surface area contributed by atoms with E-state index in [0.717, 1.165) is 65.7 Å². The highest BCUT2D eigenvalue weighted by Gasteiger charge is 2.36. The van der Waals surface area contributed by atoms with Crippen LogP contribution in [0.2, 0.25) is 0 Å². The minimum atomic E-state index is -0.427. The van der Waals surface area contributed by atoms with Crippen molar-refractivity contribution in [3.63, 3.8) is 0 Å². The molecule has 10 nitrogen and oxygen atoms in total. The van der Waals surface area contributed by atoms with Crippen molar-refractivity contribution in [1.29, 1.82) is 5.41 Å². The van der Waals surface area contributed by atoms with E-state index in [4.69, 9.17) is 11.1 Å². The molecule has 1 aromatic heterocycles. The summed E-state index contributed by atoms with van der Waals surface area (Å²) in [6.07, 6.45) is 11.8. The normalized spacial score (nSPS) is 17.7. The maximum absolute atomic E-state index is 12.6. The summed E-state index contributed by atoms with van der Waals surface area (Å²) in [6.45, 7) is 9.25. The molecular formula is C34H44N6O4S2. The number of amidine groups is 1. The van der Waals surface area contributed by atoms with Crippen molar-refractivity contribution in [2.24, 2.45) is 16.6 Å². The quantitative estimate of drug-likeness (QED) is 0.0905. The number of carbonyl (C=O) groups excluding carboxylic acids is 4. The number of rotatable bonds is 8. The molecule has 2 atom stereocenters. The Labute approximate surface area is 279 Å². The minimum absolute atomic E-state index is 0.0816. The van der Waals surface area contributed by atoms with E-state index in [1.807, 2.05) is 51.1 Å². The number of hydrogen-bond donors (Lipinski definition) is 3. The number of thioether (sulfide) groups is 1. The molecule has 3 aliphatic carbocycles. The van der Waals surface area contributed by atoms with E-state index in [1.165, 1.54) is 23.1 Å². The van der Waals surface area contributed by atoms with E-state index in [0.29, 0.717) is 28.2 Å². The summed E-state index contributed by atoms with van der Waals surface area (Å²) < 4.78 is 0. The summed E-state index contributed by atoms with van der Waals surface area (Å²) in [5.41, 5.74) is 8.87. The topological polar surface area (TPSA) is 168 Å². The number of aldehydes is 1. The number of allylic oxidation sites excluding steroid dienone is 4. The number of nitrogens with two attached hydrogens (primary N) is 1. The molecule has 4 N–H and O–H groups in total. The van der Waals surface area contributed by atoms with Crippen LogP contribution in [0.15, 0.2) is 65.2 Å². The standard InChI is InChI=1S/C19H24N6O2S2.C10H8O2.C3H6.C2H6/c1-22-18(21)28-15(20)8-4-5-9-16-24-25-19(29-16)23-17(27)13-10-14(26)12-7-3-2-6-11(12)13;11-6-7-5-10(12)9-4-2-1-3-8(7)9;1-3-2;1-2/h2,6,13,20H,3-5,7-10H2,1H3,(H2,21,22)(H,23,25,27);1-4,6-7H,5H2;3H,1H2,2H3;1-2H3. The summed E-state index contributed by atoms with van der Waals surface area (Å²) in [5, 5.41) is 21.0. The van der Waals surface area contributed by atoms with Crippen LogP contribution in [0.5, 0.6) is 0 Å². The number of aryl methyl sites for hydroxylation is 1. The molecule has 246 valence electrons. The minimum Gasteiger partial charge on any atom is -0.378 e.